The van der Waals surface area contributed by atoms with Gasteiger partial charge in [0.25, 0.3) is 11.8 Å². The summed E-state index contributed by atoms with van der Waals surface area (Å²) in [5.41, 5.74) is -0.853. The number of nitro groups is 1. The number of carbonyl (C=O) groups is 10. The van der Waals surface area contributed by atoms with Crippen LogP contribution in [-0.2, 0) is 95.2 Å². The monoisotopic (exact) mass is 1090 g/mol. The van der Waals surface area contributed by atoms with E-state index in [1.165, 1.54) is 42.5 Å². The lowest BCUT2D eigenvalue weighted by atomic mass is 9.93. The SMILES string of the molecule is CC(=O)N[C@H]1[C@@H](Oc2ccccc2[N+](=O)[O-])O[C@H](CO[C@@H]2O[C@H](COC(C)=O)[C@@H](O[C@@H]3O[C@H](COC(C)=O)[C@H](OC(C)=O)[C@H](OC(C)=O)[C@H]3OC(C)=O)[C@H](OC(C)=O)[C@H]2N2C(=O)c3ccccc3C2=O)[C@H](O)[C@@H]1OC(C)=O. The number of hydrogen-bond acceptors (Lipinski definition) is 26. The number of nitrogens with one attached hydrogen (secondary N) is 1. The highest BCUT2D eigenvalue weighted by Crippen LogP contribution is 2.40. The molecule has 3 amide bonds. The van der Waals surface area contributed by atoms with Gasteiger partial charge in [-0.05, 0) is 18.2 Å². The Labute approximate surface area is 436 Å². The van der Waals surface area contributed by atoms with Gasteiger partial charge in [-0.25, -0.2) is 0 Å². The second-order valence-electron chi connectivity index (χ2n) is 17.6. The second-order valence-corrected chi connectivity index (χ2v) is 17.6. The normalized spacial score (nSPS) is 29.6. The number of ether oxygens (including phenoxy) is 13. The minimum absolute atomic E-state index is 0.147. The number of esters is 7. The molecule has 2 N–H and O–H groups in total. The van der Waals surface area contributed by atoms with E-state index in [4.69, 9.17) is 61.6 Å². The van der Waals surface area contributed by atoms with Gasteiger partial charge in [-0.15, -0.1) is 0 Å². The Morgan fingerprint density at radius 2 is 1.04 bits per heavy atom. The summed E-state index contributed by atoms with van der Waals surface area (Å²) in [4.78, 5) is 142. The van der Waals surface area contributed by atoms with E-state index >= 15 is 0 Å². The van der Waals surface area contributed by atoms with Crippen molar-refractivity contribution in [3.63, 3.8) is 0 Å². The maximum Gasteiger partial charge on any atom is 0.311 e. The van der Waals surface area contributed by atoms with Gasteiger partial charge in [0.1, 0.15) is 55.8 Å². The molecule has 3 saturated heterocycles. The fourth-order valence-electron chi connectivity index (χ4n) is 8.95. The van der Waals surface area contributed by atoms with Gasteiger partial charge >= 0.3 is 47.5 Å². The van der Waals surface area contributed by atoms with Crippen molar-refractivity contribution in [3.8, 4) is 5.75 Å². The van der Waals surface area contributed by atoms with Gasteiger partial charge in [0.05, 0.1) is 22.7 Å². The Morgan fingerprint density at radius 1 is 0.571 bits per heavy atom. The van der Waals surface area contributed by atoms with Crippen LogP contribution in [0, 0.1) is 10.1 Å². The van der Waals surface area contributed by atoms with Crippen LogP contribution in [-0.4, -0.2) is 186 Å². The Kier molecular flexibility index (Phi) is 19.3. The fraction of sp³-hybridized carbons (Fsp3) is 0.542. The molecule has 0 spiro atoms. The Bertz CT molecular complexity index is 2580. The number of benzene rings is 2. The van der Waals surface area contributed by atoms with Crippen LogP contribution in [0.5, 0.6) is 5.75 Å². The van der Waals surface area contributed by atoms with Crippen molar-refractivity contribution in [2.45, 2.75) is 147 Å². The van der Waals surface area contributed by atoms with Crippen molar-refractivity contribution in [2.24, 2.45) is 0 Å². The van der Waals surface area contributed by atoms with E-state index in [1.807, 2.05) is 0 Å². The third kappa shape index (κ3) is 14.2. The molecule has 2 aromatic rings. The van der Waals surface area contributed by atoms with E-state index in [1.54, 1.807) is 0 Å². The van der Waals surface area contributed by atoms with Crippen LogP contribution in [0.3, 0.4) is 0 Å². The van der Waals surface area contributed by atoms with Crippen molar-refractivity contribution < 1.29 is 120 Å². The van der Waals surface area contributed by atoms with Gasteiger partial charge < -0.3 is 72.0 Å². The highest BCUT2D eigenvalue weighted by molar-refractivity contribution is 6.21. The number of aliphatic hydroxyl groups excluding tert-OH is 1. The third-order valence-corrected chi connectivity index (χ3v) is 11.8. The number of hydrogen-bond donors (Lipinski definition) is 2. The zero-order chi connectivity index (χ0) is 56.6. The summed E-state index contributed by atoms with van der Waals surface area (Å²) in [6, 6.07) is 7.00. The molecular weight excluding hydrogens is 1030 g/mol. The van der Waals surface area contributed by atoms with Crippen LogP contribution in [0.15, 0.2) is 48.5 Å². The summed E-state index contributed by atoms with van der Waals surface area (Å²) in [6.45, 7) is 5.48. The number of rotatable bonds is 19. The zero-order valence-electron chi connectivity index (χ0n) is 42.4. The lowest BCUT2D eigenvalue weighted by Crippen LogP contribution is -2.70. The van der Waals surface area contributed by atoms with E-state index in [9.17, 15) is 63.2 Å². The first-order valence-electron chi connectivity index (χ1n) is 23.5. The Morgan fingerprint density at radius 3 is 1.57 bits per heavy atom. The predicted molar refractivity (Wildman–Crippen MR) is 246 cm³/mol. The molecule has 29 nitrogen and oxygen atoms in total. The van der Waals surface area contributed by atoms with E-state index in [0.717, 1.165) is 61.5 Å². The van der Waals surface area contributed by atoms with Crippen LogP contribution in [0.2, 0.25) is 0 Å². The third-order valence-electron chi connectivity index (χ3n) is 11.8. The standard InChI is InChI=1S/C48H55N3O26/c1-20(52)49-35-40(69-24(5)56)37(60)32(74-46(35)73-31-16-12-11-15-30(31)51(63)64)17-67-47-36(50-44(61)28-13-9-10-14-29(28)45(50)62)41(70-25(6)57)38(33(75-47)18-65-21(2)53)77-48-43(72-27(8)59)42(71-26(7)58)39(68-23(4)55)34(76-48)19-66-22(3)54/h9-16,32-43,46-48,60H,17-19H2,1-8H3,(H,49,52)/t32-,33-,34-,35-,36-,37+,38-,39+,40-,41-,42+,43-,46+,47-,48+/m1/s1. The van der Waals surface area contributed by atoms with Gasteiger partial charge in [-0.1, -0.05) is 24.3 Å². The topological polar surface area (TPSA) is 369 Å². The largest absolute Gasteiger partial charge is 0.463 e. The summed E-state index contributed by atoms with van der Waals surface area (Å²) in [6.07, 6.45) is -24.1. The molecule has 0 saturated carbocycles. The highest BCUT2D eigenvalue weighted by atomic mass is 16.8. The first kappa shape index (κ1) is 58.6. The average Bonchev–Trinajstić information content (AvgIpc) is 3.66. The molecule has 77 heavy (non-hydrogen) atoms. The number of carbonyl (C=O) groups excluding carboxylic acids is 10. The smallest absolute Gasteiger partial charge is 0.311 e. The molecule has 15 atom stereocenters. The zero-order valence-corrected chi connectivity index (χ0v) is 42.4. The van der Waals surface area contributed by atoms with Gasteiger partial charge in [0.2, 0.25) is 12.2 Å². The summed E-state index contributed by atoms with van der Waals surface area (Å²) >= 11 is 0. The quantitative estimate of drug-likeness (QED) is 0.0608. The van der Waals surface area contributed by atoms with Crippen LogP contribution in [0.25, 0.3) is 0 Å². The van der Waals surface area contributed by atoms with Crippen LogP contribution in [0.4, 0.5) is 5.69 Å². The average molecular weight is 1090 g/mol. The molecule has 6 rings (SSSR count). The number of amides is 3. The van der Waals surface area contributed by atoms with E-state index in [2.05, 4.69) is 5.32 Å². The summed E-state index contributed by atoms with van der Waals surface area (Å²) < 4.78 is 76.0. The summed E-state index contributed by atoms with van der Waals surface area (Å²) in [5.74, 6) is -10.0. The van der Waals surface area contributed by atoms with Crippen molar-refractivity contribution in [2.75, 3.05) is 19.8 Å². The molecule has 3 fully saturated rings. The molecule has 2 aromatic carbocycles. The number of imide groups is 1. The molecule has 29 heteroatoms. The first-order chi connectivity index (χ1) is 36.4. The fourth-order valence-corrected chi connectivity index (χ4v) is 8.95. The van der Waals surface area contributed by atoms with Crippen LogP contribution < -0.4 is 10.1 Å². The molecule has 0 aromatic heterocycles. The van der Waals surface area contributed by atoms with Crippen molar-refractivity contribution in [3.05, 3.63) is 69.8 Å². The van der Waals surface area contributed by atoms with E-state index in [0.29, 0.717) is 4.90 Å². The molecular formula is C48H55N3O26. The summed E-state index contributed by atoms with van der Waals surface area (Å²) in [7, 11) is 0. The molecule has 0 radical (unpaired) electrons. The highest BCUT2D eigenvalue weighted by Gasteiger charge is 2.60. The molecule has 0 unspecified atom stereocenters. The van der Waals surface area contributed by atoms with Crippen LogP contribution >= 0.6 is 0 Å². The van der Waals surface area contributed by atoms with Crippen molar-refractivity contribution >= 4 is 65.2 Å². The summed E-state index contributed by atoms with van der Waals surface area (Å²) in [5, 5.41) is 26.4. The number of aliphatic hydroxyl groups is 1. The molecule has 4 heterocycles. The number of para-hydroxylation sites is 2. The van der Waals surface area contributed by atoms with Gasteiger partial charge in [-0.3, -0.25) is 63.0 Å². The Balaban J connectivity index is 1.48. The van der Waals surface area contributed by atoms with Crippen molar-refractivity contribution in [1.29, 1.82) is 0 Å². The molecule has 4 aliphatic rings. The molecule has 0 bridgehead atoms. The van der Waals surface area contributed by atoms with Gasteiger partial charge in [0, 0.05) is 61.5 Å². The second kappa shape index (κ2) is 25.4. The van der Waals surface area contributed by atoms with Gasteiger partial charge in [0.15, 0.2) is 48.8 Å². The Hall–Kier alpha value is -7.70. The maximum absolute atomic E-state index is 14.5. The molecule has 418 valence electrons. The first-order valence-corrected chi connectivity index (χ1v) is 23.5. The van der Waals surface area contributed by atoms with E-state index < -0.39 is 188 Å². The lowest BCUT2D eigenvalue weighted by molar-refractivity contribution is -0.386. The number of fused-ring (bicyclic) bond motifs is 1. The molecule has 0 aliphatic carbocycles. The van der Waals surface area contributed by atoms with Crippen molar-refractivity contribution in [1.82, 2.24) is 10.2 Å². The lowest BCUT2D eigenvalue weighted by Gasteiger charge is -2.50. The number of nitrogens with zero attached hydrogens (tertiary/aromatic N) is 2. The minimum Gasteiger partial charge on any atom is -0.463 e. The predicted octanol–water partition coefficient (Wildman–Crippen LogP) is -0.135. The number of nitro benzene ring substituents is 1. The maximum atomic E-state index is 14.5. The van der Waals surface area contributed by atoms with E-state index in [-0.39, 0.29) is 11.1 Å². The van der Waals surface area contributed by atoms with Crippen LogP contribution in [0.1, 0.15) is 76.1 Å². The molecule has 4 aliphatic heterocycles. The minimum atomic E-state index is -2.06. The van der Waals surface area contributed by atoms with Gasteiger partial charge in [-0.2, -0.15) is 0 Å².